The van der Waals surface area contributed by atoms with Gasteiger partial charge in [-0.15, -0.1) is 0 Å². The summed E-state index contributed by atoms with van der Waals surface area (Å²) in [5.41, 5.74) is 4.83. The van der Waals surface area contributed by atoms with Gasteiger partial charge in [-0.1, -0.05) is 13.5 Å². The van der Waals surface area contributed by atoms with Crippen LogP contribution in [0.1, 0.15) is 34.0 Å². The van der Waals surface area contributed by atoms with E-state index in [0.717, 1.165) is 46.8 Å². The first-order chi connectivity index (χ1) is 17.5. The number of anilines is 1. The van der Waals surface area contributed by atoms with Crippen LogP contribution in [0.15, 0.2) is 48.9 Å². The van der Waals surface area contributed by atoms with E-state index in [1.807, 2.05) is 42.7 Å². The molecule has 1 aromatic carbocycles. The van der Waals surface area contributed by atoms with E-state index in [0.29, 0.717) is 18.0 Å². The third kappa shape index (κ3) is 6.10. The number of aromatic nitrogens is 5. The molecule has 194 valence electrons. The van der Waals surface area contributed by atoms with Crippen molar-refractivity contribution in [3.8, 4) is 22.4 Å². The number of hydrogen-bond acceptors (Lipinski definition) is 8. The fraction of sp³-hybridized carbons (Fsp3) is 0.370. The van der Waals surface area contributed by atoms with Crippen molar-refractivity contribution in [1.82, 2.24) is 29.8 Å². The Morgan fingerprint density at radius 1 is 1.14 bits per heavy atom. The maximum atomic E-state index is 11.9. The van der Waals surface area contributed by atoms with Crippen molar-refractivity contribution in [3.63, 3.8) is 0 Å². The molecule has 0 saturated carbocycles. The van der Waals surface area contributed by atoms with Crippen LogP contribution in [0.25, 0.3) is 33.4 Å². The second-order valence-corrected chi connectivity index (χ2v) is 8.91. The van der Waals surface area contributed by atoms with Crippen molar-refractivity contribution in [1.29, 1.82) is 0 Å². The van der Waals surface area contributed by atoms with E-state index in [9.17, 15) is 4.79 Å². The van der Waals surface area contributed by atoms with Crippen LogP contribution in [0.4, 0.5) is 10.7 Å². The molecule has 0 spiro atoms. The van der Waals surface area contributed by atoms with E-state index < -0.39 is 6.09 Å². The average Bonchev–Trinajstić information content (AvgIpc) is 3.26. The van der Waals surface area contributed by atoms with Crippen LogP contribution < -0.4 is 5.32 Å². The number of H-pyrrole nitrogens is 1. The van der Waals surface area contributed by atoms with Gasteiger partial charge in [-0.05, 0) is 50.6 Å². The Balaban J connectivity index is 0.00000320. The van der Waals surface area contributed by atoms with E-state index >= 15 is 0 Å². The molecule has 2 atom stereocenters. The zero-order valence-corrected chi connectivity index (χ0v) is 20.6. The third-order valence-corrected chi connectivity index (χ3v) is 5.92. The summed E-state index contributed by atoms with van der Waals surface area (Å²) in [5, 5.41) is 2.64. The van der Waals surface area contributed by atoms with Crippen LogP contribution in [0.3, 0.4) is 0 Å². The summed E-state index contributed by atoms with van der Waals surface area (Å²) < 4.78 is 10.8. The average molecular weight is 504 g/mol. The molecule has 37 heavy (non-hydrogen) atoms. The number of pyridine rings is 1. The number of nitrogens with one attached hydrogen (secondary N) is 2. The molecule has 1 fully saturated rings. The first kappa shape index (κ1) is 26.2. The molecule has 0 radical (unpaired) electrons. The number of carbonyl (C=O) groups excluding carboxylic acids is 1. The molecule has 1 amide bonds. The first-order valence-electron chi connectivity index (χ1n) is 12.1. The fourth-order valence-corrected chi connectivity index (χ4v) is 4.52. The van der Waals surface area contributed by atoms with Gasteiger partial charge in [0.2, 0.25) is 5.95 Å². The number of rotatable bonds is 6. The molecular weight excluding hydrogens is 470 g/mol. The van der Waals surface area contributed by atoms with E-state index in [1.54, 1.807) is 13.1 Å². The van der Waals surface area contributed by atoms with Gasteiger partial charge < -0.3 is 14.5 Å². The van der Waals surface area contributed by atoms with E-state index in [-0.39, 0.29) is 26.2 Å². The second kappa shape index (κ2) is 11.4. The standard InChI is InChI=1S/C26H29N7O3.CH4/c1-4-35-26(34)32-25-30-22-10-18(9-20(24(22)31-25)21-7-5-6-8-27-21)19-11-28-23(29-12-19)15-33-13-16(2)36-17(3)14-33;/h5-12,16-17H,4,13-15H2,1-3H3,(H2,30,31,32,34);1H4/t16-,17+;. The number of carbonyl (C=O) groups is 1. The number of benzene rings is 1. The minimum atomic E-state index is -0.566. The number of morpholine rings is 1. The van der Waals surface area contributed by atoms with Gasteiger partial charge in [0.15, 0.2) is 0 Å². The lowest BCUT2D eigenvalue weighted by molar-refractivity contribution is -0.0710. The predicted octanol–water partition coefficient (Wildman–Crippen LogP) is 4.90. The highest BCUT2D eigenvalue weighted by Crippen LogP contribution is 2.32. The molecule has 0 unspecified atom stereocenters. The number of nitrogens with zero attached hydrogens (tertiary/aromatic N) is 5. The van der Waals surface area contributed by atoms with Gasteiger partial charge in [-0.2, -0.15) is 0 Å². The molecule has 2 N–H and O–H groups in total. The molecule has 1 aliphatic heterocycles. The number of ether oxygens (including phenoxy) is 2. The molecule has 10 nitrogen and oxygen atoms in total. The number of amides is 1. The fourth-order valence-electron chi connectivity index (χ4n) is 4.52. The Morgan fingerprint density at radius 2 is 1.89 bits per heavy atom. The minimum Gasteiger partial charge on any atom is -0.450 e. The van der Waals surface area contributed by atoms with Crippen LogP contribution >= 0.6 is 0 Å². The van der Waals surface area contributed by atoms with E-state index in [2.05, 4.69) is 49.0 Å². The predicted molar refractivity (Wildman–Crippen MR) is 143 cm³/mol. The Morgan fingerprint density at radius 3 is 2.57 bits per heavy atom. The van der Waals surface area contributed by atoms with Crippen molar-refractivity contribution >= 4 is 23.1 Å². The normalized spacial score (nSPS) is 17.8. The molecule has 0 bridgehead atoms. The molecule has 4 heterocycles. The highest BCUT2D eigenvalue weighted by atomic mass is 16.5. The summed E-state index contributed by atoms with van der Waals surface area (Å²) in [6, 6.07) is 9.70. The number of hydrogen-bond donors (Lipinski definition) is 2. The monoisotopic (exact) mass is 503 g/mol. The summed E-state index contributed by atoms with van der Waals surface area (Å²) in [7, 11) is 0. The summed E-state index contributed by atoms with van der Waals surface area (Å²) in [6.45, 7) is 8.60. The van der Waals surface area contributed by atoms with Crippen molar-refractivity contribution in [2.24, 2.45) is 0 Å². The van der Waals surface area contributed by atoms with Gasteiger partial charge >= 0.3 is 6.09 Å². The molecule has 4 aromatic rings. The first-order valence-corrected chi connectivity index (χ1v) is 12.1. The number of aromatic amines is 1. The van der Waals surface area contributed by atoms with Crippen molar-refractivity contribution in [2.45, 2.75) is 47.0 Å². The Kier molecular flexibility index (Phi) is 8.10. The minimum absolute atomic E-state index is 0. The number of imidazole rings is 1. The molecule has 1 saturated heterocycles. The van der Waals surface area contributed by atoms with Crippen molar-refractivity contribution in [3.05, 3.63) is 54.7 Å². The summed E-state index contributed by atoms with van der Waals surface area (Å²) in [5.74, 6) is 1.08. The smallest absolute Gasteiger partial charge is 0.413 e. The Labute approximate surface area is 216 Å². The molecule has 3 aromatic heterocycles. The van der Waals surface area contributed by atoms with Crippen LogP contribution in [0, 0.1) is 0 Å². The lowest BCUT2D eigenvalue weighted by atomic mass is 10.0. The van der Waals surface area contributed by atoms with Crippen molar-refractivity contribution in [2.75, 3.05) is 25.0 Å². The van der Waals surface area contributed by atoms with Gasteiger partial charge in [0.25, 0.3) is 0 Å². The lowest BCUT2D eigenvalue weighted by Crippen LogP contribution is -2.45. The zero-order chi connectivity index (χ0) is 25.1. The SMILES string of the molecule is C.CCOC(=O)Nc1nc2c(-c3ccccn3)cc(-c3cnc(CN4C[C@@H](C)O[C@@H](C)C4)nc3)cc2[nH]1. The highest BCUT2D eigenvalue weighted by molar-refractivity contribution is 5.97. The van der Waals surface area contributed by atoms with Crippen LogP contribution in [0.5, 0.6) is 0 Å². The third-order valence-electron chi connectivity index (χ3n) is 5.92. The molecule has 5 rings (SSSR count). The van der Waals surface area contributed by atoms with Gasteiger partial charge in [0.1, 0.15) is 5.82 Å². The molecule has 0 aliphatic carbocycles. The summed E-state index contributed by atoms with van der Waals surface area (Å²) in [4.78, 5) is 35.8. The quantitative estimate of drug-likeness (QED) is 0.382. The summed E-state index contributed by atoms with van der Waals surface area (Å²) >= 11 is 0. The van der Waals surface area contributed by atoms with E-state index in [4.69, 9.17) is 9.47 Å². The highest BCUT2D eigenvalue weighted by Gasteiger charge is 2.23. The number of fused-ring (bicyclic) bond motifs is 1. The second-order valence-electron chi connectivity index (χ2n) is 8.91. The topological polar surface area (TPSA) is 118 Å². The maximum absolute atomic E-state index is 11.9. The van der Waals surface area contributed by atoms with Crippen molar-refractivity contribution < 1.29 is 14.3 Å². The Bertz CT molecular complexity index is 1330. The zero-order valence-electron chi connectivity index (χ0n) is 20.6. The lowest BCUT2D eigenvalue weighted by Gasteiger charge is -2.34. The van der Waals surface area contributed by atoms with Crippen LogP contribution in [-0.2, 0) is 16.0 Å². The molecule has 1 aliphatic rings. The van der Waals surface area contributed by atoms with E-state index in [1.165, 1.54) is 0 Å². The molecular formula is C27H33N7O3. The summed E-state index contributed by atoms with van der Waals surface area (Å²) in [6.07, 6.45) is 5.25. The van der Waals surface area contributed by atoms with Gasteiger partial charge in [0.05, 0.1) is 42.1 Å². The van der Waals surface area contributed by atoms with Crippen LogP contribution in [-0.4, -0.2) is 67.8 Å². The van der Waals surface area contributed by atoms with Gasteiger partial charge in [-0.3, -0.25) is 15.2 Å². The largest absolute Gasteiger partial charge is 0.450 e. The maximum Gasteiger partial charge on any atom is 0.413 e. The Hall–Kier alpha value is -3.89. The van der Waals surface area contributed by atoms with Crippen LogP contribution in [0.2, 0.25) is 0 Å². The van der Waals surface area contributed by atoms with Gasteiger partial charge in [0, 0.05) is 42.8 Å². The molecule has 10 heteroatoms. The van der Waals surface area contributed by atoms with Gasteiger partial charge in [-0.25, -0.2) is 19.7 Å².